The number of hydrogen-bond acceptors (Lipinski definition) is 2. The zero-order chi connectivity index (χ0) is 14.7. The Balaban J connectivity index is 3.02. The van der Waals surface area contributed by atoms with Crippen LogP contribution in [0.5, 0.6) is 0 Å². The fraction of sp³-hybridized carbons (Fsp3) is 0.333. The van der Waals surface area contributed by atoms with Crippen molar-refractivity contribution in [2.75, 3.05) is 5.32 Å². The Kier molecular flexibility index (Phi) is 4.88. The molecule has 0 bridgehead atoms. The zero-order valence-corrected chi connectivity index (χ0v) is 11.2. The second-order valence-electron chi connectivity index (χ2n) is 4.36. The average molecular weight is 290 g/mol. The van der Waals surface area contributed by atoms with Crippen LogP contribution in [0.2, 0.25) is 0 Å². The maximum absolute atomic E-state index is 13.4. The summed E-state index contributed by atoms with van der Waals surface area (Å²) >= 11 is 4.75. The van der Waals surface area contributed by atoms with Gasteiger partial charge in [0.1, 0.15) is 5.82 Å². The van der Waals surface area contributed by atoms with Gasteiger partial charge in [-0.1, -0.05) is 26.1 Å². The van der Waals surface area contributed by atoms with Crippen molar-refractivity contribution in [3.63, 3.8) is 0 Å². The quantitative estimate of drug-likeness (QED) is 0.662. The van der Waals surface area contributed by atoms with E-state index in [4.69, 9.17) is 18.0 Å². The van der Waals surface area contributed by atoms with E-state index >= 15 is 0 Å². The predicted molar refractivity (Wildman–Crippen MR) is 70.1 cm³/mol. The maximum Gasteiger partial charge on any atom is 0.234 e. The van der Waals surface area contributed by atoms with Crippen LogP contribution < -0.4 is 11.1 Å². The lowest BCUT2D eigenvalue weighted by Crippen LogP contribution is -2.37. The van der Waals surface area contributed by atoms with E-state index in [1.807, 2.05) is 0 Å². The highest BCUT2D eigenvalue weighted by Gasteiger charge is 2.26. The number of benzene rings is 1. The molecule has 0 radical (unpaired) electrons. The van der Waals surface area contributed by atoms with Crippen molar-refractivity contribution >= 4 is 28.8 Å². The molecule has 0 fully saturated rings. The third-order valence-corrected chi connectivity index (χ3v) is 2.76. The Labute approximate surface area is 114 Å². The van der Waals surface area contributed by atoms with Gasteiger partial charge in [-0.25, -0.2) is 13.2 Å². The summed E-state index contributed by atoms with van der Waals surface area (Å²) in [5.74, 6) is -5.48. The molecule has 0 saturated heterocycles. The molecular formula is C12H13F3N2OS. The van der Waals surface area contributed by atoms with Crippen molar-refractivity contribution in [1.82, 2.24) is 0 Å². The molecule has 0 aliphatic carbocycles. The maximum atomic E-state index is 13.4. The smallest absolute Gasteiger partial charge is 0.234 e. The monoisotopic (exact) mass is 290 g/mol. The van der Waals surface area contributed by atoms with E-state index in [-0.39, 0.29) is 10.9 Å². The molecule has 0 aliphatic rings. The Morgan fingerprint density at radius 2 is 1.89 bits per heavy atom. The van der Waals surface area contributed by atoms with Gasteiger partial charge < -0.3 is 11.1 Å². The molecule has 0 aliphatic heterocycles. The van der Waals surface area contributed by atoms with Crippen LogP contribution in [0.15, 0.2) is 12.1 Å². The topological polar surface area (TPSA) is 55.1 Å². The first-order valence-electron chi connectivity index (χ1n) is 5.48. The number of amides is 1. The minimum absolute atomic E-state index is 0.0650. The predicted octanol–water partition coefficient (Wildman–Crippen LogP) is 2.60. The van der Waals surface area contributed by atoms with E-state index in [9.17, 15) is 18.0 Å². The van der Waals surface area contributed by atoms with Gasteiger partial charge in [-0.15, -0.1) is 0 Å². The van der Waals surface area contributed by atoms with E-state index in [2.05, 4.69) is 5.32 Å². The molecule has 104 valence electrons. The summed E-state index contributed by atoms with van der Waals surface area (Å²) in [4.78, 5) is 11.8. The van der Waals surface area contributed by atoms with Crippen molar-refractivity contribution in [2.24, 2.45) is 17.6 Å². The molecule has 1 amide bonds. The van der Waals surface area contributed by atoms with Crippen LogP contribution in [0.3, 0.4) is 0 Å². The molecule has 19 heavy (non-hydrogen) atoms. The molecule has 0 heterocycles. The lowest BCUT2D eigenvalue weighted by molar-refractivity contribution is -0.118. The van der Waals surface area contributed by atoms with Crippen LogP contribution in [0.1, 0.15) is 13.8 Å². The first-order valence-corrected chi connectivity index (χ1v) is 5.89. The molecule has 1 unspecified atom stereocenters. The second-order valence-corrected chi connectivity index (χ2v) is 4.83. The summed E-state index contributed by atoms with van der Waals surface area (Å²) in [6.45, 7) is 3.40. The number of nitrogens with one attached hydrogen (secondary N) is 1. The Hall–Kier alpha value is -1.63. The molecule has 1 aromatic carbocycles. The summed E-state index contributed by atoms with van der Waals surface area (Å²) in [7, 11) is 0. The number of rotatable bonds is 4. The van der Waals surface area contributed by atoms with Crippen molar-refractivity contribution < 1.29 is 18.0 Å². The standard InChI is InChI=1S/C12H13F3N2OS/c1-5(2)9(11(16)19)12(18)17-8-4-6(13)3-7(14)10(8)15/h3-5,9H,1-2H3,(H2,16,19)(H,17,18). The van der Waals surface area contributed by atoms with Crippen LogP contribution in [-0.2, 0) is 4.79 Å². The lowest BCUT2D eigenvalue weighted by atomic mass is 9.95. The number of halogens is 3. The number of carbonyl (C=O) groups excluding carboxylic acids is 1. The van der Waals surface area contributed by atoms with Crippen molar-refractivity contribution in [2.45, 2.75) is 13.8 Å². The van der Waals surface area contributed by atoms with E-state index in [1.165, 1.54) is 0 Å². The van der Waals surface area contributed by atoms with Crippen LogP contribution in [-0.4, -0.2) is 10.9 Å². The molecule has 1 aromatic rings. The average Bonchev–Trinajstić information content (AvgIpc) is 2.23. The van der Waals surface area contributed by atoms with Gasteiger partial charge >= 0.3 is 0 Å². The fourth-order valence-electron chi connectivity index (χ4n) is 1.62. The van der Waals surface area contributed by atoms with Gasteiger partial charge in [0.15, 0.2) is 11.6 Å². The number of hydrogen-bond donors (Lipinski definition) is 2. The molecule has 3 N–H and O–H groups in total. The molecular weight excluding hydrogens is 277 g/mol. The van der Waals surface area contributed by atoms with Gasteiger partial charge in [0, 0.05) is 12.1 Å². The Morgan fingerprint density at radius 1 is 1.32 bits per heavy atom. The molecule has 0 saturated carbocycles. The second kappa shape index (κ2) is 6.01. The first-order chi connectivity index (χ1) is 8.73. The van der Waals surface area contributed by atoms with Crippen molar-refractivity contribution in [3.05, 3.63) is 29.6 Å². The summed E-state index contributed by atoms with van der Waals surface area (Å²) in [6, 6.07) is 1.08. The molecule has 0 aromatic heterocycles. The van der Waals surface area contributed by atoms with Crippen molar-refractivity contribution in [1.29, 1.82) is 0 Å². The zero-order valence-electron chi connectivity index (χ0n) is 10.3. The van der Waals surface area contributed by atoms with E-state index in [1.54, 1.807) is 13.8 Å². The van der Waals surface area contributed by atoms with Crippen LogP contribution >= 0.6 is 12.2 Å². The number of anilines is 1. The Bertz CT molecular complexity index is 520. The highest BCUT2D eigenvalue weighted by Crippen LogP contribution is 2.21. The normalized spacial score (nSPS) is 12.3. The SMILES string of the molecule is CC(C)C(C(=O)Nc1cc(F)cc(F)c1F)C(N)=S. The number of nitrogens with two attached hydrogens (primary N) is 1. The van der Waals surface area contributed by atoms with Crippen LogP contribution in [0.4, 0.5) is 18.9 Å². The first kappa shape index (κ1) is 15.4. The third kappa shape index (κ3) is 3.66. The number of thiocarbonyl (C=S) groups is 1. The summed E-state index contributed by atoms with van der Waals surface area (Å²) in [5, 5.41) is 2.09. The van der Waals surface area contributed by atoms with Gasteiger partial charge in [0.25, 0.3) is 0 Å². The van der Waals surface area contributed by atoms with Gasteiger partial charge in [-0.05, 0) is 5.92 Å². The lowest BCUT2D eigenvalue weighted by Gasteiger charge is -2.19. The summed E-state index contributed by atoms with van der Waals surface area (Å²) < 4.78 is 39.3. The highest BCUT2D eigenvalue weighted by molar-refractivity contribution is 7.80. The molecule has 1 atom stereocenters. The third-order valence-electron chi connectivity index (χ3n) is 2.51. The van der Waals surface area contributed by atoms with Gasteiger partial charge in [0.2, 0.25) is 5.91 Å². The van der Waals surface area contributed by atoms with Gasteiger partial charge in [-0.2, -0.15) is 0 Å². The van der Waals surface area contributed by atoms with Crippen LogP contribution in [0, 0.1) is 29.3 Å². The molecule has 0 spiro atoms. The van der Waals surface area contributed by atoms with Crippen LogP contribution in [0.25, 0.3) is 0 Å². The van der Waals surface area contributed by atoms with E-state index in [0.717, 1.165) is 0 Å². The molecule has 7 heteroatoms. The van der Waals surface area contributed by atoms with Gasteiger partial charge in [-0.3, -0.25) is 4.79 Å². The molecule has 1 rings (SSSR count). The van der Waals surface area contributed by atoms with E-state index in [0.29, 0.717) is 12.1 Å². The summed E-state index contributed by atoms with van der Waals surface area (Å²) in [5.41, 5.74) is 4.84. The Morgan fingerprint density at radius 3 is 2.37 bits per heavy atom. The minimum atomic E-state index is -1.38. The fourth-order valence-corrected chi connectivity index (χ4v) is 2.00. The molecule has 3 nitrogen and oxygen atoms in total. The summed E-state index contributed by atoms with van der Waals surface area (Å²) in [6.07, 6.45) is 0. The number of carbonyl (C=O) groups is 1. The van der Waals surface area contributed by atoms with Crippen molar-refractivity contribution in [3.8, 4) is 0 Å². The van der Waals surface area contributed by atoms with Gasteiger partial charge in [0.05, 0.1) is 16.6 Å². The van der Waals surface area contributed by atoms with E-state index < -0.39 is 35.0 Å². The minimum Gasteiger partial charge on any atom is -0.393 e. The largest absolute Gasteiger partial charge is 0.393 e. The highest BCUT2D eigenvalue weighted by atomic mass is 32.1.